The minimum Gasteiger partial charge on any atom is -0.324 e. The molecule has 2 aromatic rings. The molecule has 0 bridgehead atoms. The molecule has 6 nitrogen and oxygen atoms in total. The van der Waals surface area contributed by atoms with Gasteiger partial charge >= 0.3 is 6.03 Å². The number of carbonyl (C=O) groups is 1. The Labute approximate surface area is 140 Å². The number of likely N-dealkylation sites (tertiary alicyclic amines) is 1. The van der Waals surface area contributed by atoms with Gasteiger partial charge in [0, 0.05) is 30.8 Å². The number of aromatic amines is 1. The van der Waals surface area contributed by atoms with Crippen LogP contribution in [-0.4, -0.2) is 34.0 Å². The monoisotopic (exact) mass is 326 g/mol. The van der Waals surface area contributed by atoms with Crippen molar-refractivity contribution in [1.82, 2.24) is 14.9 Å². The zero-order chi connectivity index (χ0) is 17.1. The number of amides is 2. The first-order valence-corrected chi connectivity index (χ1v) is 8.22. The van der Waals surface area contributed by atoms with Crippen molar-refractivity contribution in [1.29, 1.82) is 0 Å². The topological polar surface area (TPSA) is 78.1 Å². The number of hydrogen-bond acceptors (Lipinski definition) is 3. The van der Waals surface area contributed by atoms with Crippen molar-refractivity contribution >= 4 is 11.7 Å². The third-order valence-corrected chi connectivity index (χ3v) is 4.35. The number of H-pyrrole nitrogens is 1. The van der Waals surface area contributed by atoms with E-state index in [2.05, 4.69) is 15.3 Å². The fourth-order valence-electron chi connectivity index (χ4n) is 3.12. The molecule has 1 aromatic heterocycles. The number of piperidine rings is 1. The predicted octanol–water partition coefficient (Wildman–Crippen LogP) is 2.80. The Bertz CT molecular complexity index is 792. The third kappa shape index (κ3) is 3.82. The van der Waals surface area contributed by atoms with Gasteiger partial charge in [0.05, 0.1) is 5.69 Å². The second-order valence-corrected chi connectivity index (χ2v) is 6.32. The highest BCUT2D eigenvalue weighted by molar-refractivity contribution is 5.89. The fraction of sp³-hybridized carbons (Fsp3) is 0.389. The molecule has 0 unspecified atom stereocenters. The van der Waals surface area contributed by atoms with E-state index in [0.717, 1.165) is 29.8 Å². The van der Waals surface area contributed by atoms with E-state index in [0.29, 0.717) is 18.9 Å². The number of anilines is 1. The molecule has 3 rings (SSSR count). The first-order chi connectivity index (χ1) is 11.5. The molecular weight excluding hydrogens is 304 g/mol. The van der Waals surface area contributed by atoms with E-state index in [-0.39, 0.29) is 17.5 Å². The maximum Gasteiger partial charge on any atom is 0.321 e. The molecule has 2 heterocycles. The summed E-state index contributed by atoms with van der Waals surface area (Å²) in [6.07, 6.45) is 1.63. The molecule has 0 radical (unpaired) electrons. The summed E-state index contributed by atoms with van der Waals surface area (Å²) in [5, 5.41) is 2.94. The summed E-state index contributed by atoms with van der Waals surface area (Å²) in [6.45, 7) is 5.11. The number of nitrogens with zero attached hydrogens (tertiary/aromatic N) is 2. The van der Waals surface area contributed by atoms with Crippen LogP contribution in [0.1, 0.15) is 35.8 Å². The van der Waals surface area contributed by atoms with Crippen LogP contribution in [0.5, 0.6) is 0 Å². The zero-order valence-corrected chi connectivity index (χ0v) is 14.0. The lowest BCUT2D eigenvalue weighted by Gasteiger charge is -2.31. The standard InChI is InChI=1S/C18H22N4O2/c1-12-4-3-5-15(10-12)21-18(24)22-8-6-14(7-9-22)16-11-17(23)20-13(2)19-16/h3-5,10-11,14H,6-9H2,1-2H3,(H,21,24)(H,19,20,23). The zero-order valence-electron chi connectivity index (χ0n) is 14.0. The molecule has 126 valence electrons. The Morgan fingerprint density at radius 1 is 1.25 bits per heavy atom. The molecule has 24 heavy (non-hydrogen) atoms. The molecule has 1 aromatic carbocycles. The first kappa shape index (κ1) is 16.2. The van der Waals surface area contributed by atoms with Crippen molar-refractivity contribution in [2.24, 2.45) is 0 Å². The van der Waals surface area contributed by atoms with E-state index in [1.165, 1.54) is 0 Å². The van der Waals surface area contributed by atoms with Crippen molar-refractivity contribution in [3.8, 4) is 0 Å². The van der Waals surface area contributed by atoms with Crippen LogP contribution < -0.4 is 10.9 Å². The van der Waals surface area contributed by atoms with Gasteiger partial charge in [0.15, 0.2) is 0 Å². The van der Waals surface area contributed by atoms with Crippen LogP contribution in [-0.2, 0) is 0 Å². The van der Waals surface area contributed by atoms with Gasteiger partial charge in [-0.25, -0.2) is 9.78 Å². The Morgan fingerprint density at radius 3 is 2.67 bits per heavy atom. The van der Waals surface area contributed by atoms with Crippen molar-refractivity contribution in [2.75, 3.05) is 18.4 Å². The van der Waals surface area contributed by atoms with E-state index >= 15 is 0 Å². The van der Waals surface area contributed by atoms with Crippen LogP contribution >= 0.6 is 0 Å². The van der Waals surface area contributed by atoms with Gasteiger partial charge < -0.3 is 15.2 Å². The van der Waals surface area contributed by atoms with Gasteiger partial charge in [-0.1, -0.05) is 12.1 Å². The molecule has 1 saturated heterocycles. The summed E-state index contributed by atoms with van der Waals surface area (Å²) in [5.41, 5.74) is 2.64. The molecule has 0 saturated carbocycles. The molecular formula is C18H22N4O2. The van der Waals surface area contributed by atoms with Crippen molar-refractivity contribution in [3.05, 3.63) is 57.8 Å². The Balaban J connectivity index is 1.60. The predicted molar refractivity (Wildman–Crippen MR) is 93.3 cm³/mol. The Kier molecular flexibility index (Phi) is 4.64. The quantitative estimate of drug-likeness (QED) is 0.891. The smallest absolute Gasteiger partial charge is 0.321 e. The summed E-state index contributed by atoms with van der Waals surface area (Å²) >= 11 is 0. The number of aromatic nitrogens is 2. The molecule has 2 N–H and O–H groups in total. The van der Waals surface area contributed by atoms with Crippen LogP contribution in [0.15, 0.2) is 35.1 Å². The minimum absolute atomic E-state index is 0.0749. The highest BCUT2D eigenvalue weighted by atomic mass is 16.2. The van der Waals surface area contributed by atoms with Crippen molar-refractivity contribution in [3.63, 3.8) is 0 Å². The molecule has 0 spiro atoms. The SMILES string of the molecule is Cc1cccc(NC(=O)N2CCC(c3cc(=O)[nH]c(C)n3)CC2)c1. The van der Waals surface area contributed by atoms with Crippen LogP contribution in [0.4, 0.5) is 10.5 Å². The summed E-state index contributed by atoms with van der Waals surface area (Å²) < 4.78 is 0. The number of hydrogen-bond donors (Lipinski definition) is 2. The summed E-state index contributed by atoms with van der Waals surface area (Å²) in [5.74, 6) is 0.867. The molecule has 0 atom stereocenters. The third-order valence-electron chi connectivity index (χ3n) is 4.35. The number of aryl methyl sites for hydroxylation is 2. The maximum absolute atomic E-state index is 12.4. The van der Waals surface area contributed by atoms with E-state index in [4.69, 9.17) is 0 Å². The summed E-state index contributed by atoms with van der Waals surface area (Å²) in [7, 11) is 0. The van der Waals surface area contributed by atoms with Gasteiger partial charge in [-0.3, -0.25) is 4.79 Å². The first-order valence-electron chi connectivity index (χ1n) is 8.22. The summed E-state index contributed by atoms with van der Waals surface area (Å²) in [4.78, 5) is 32.9. The number of benzene rings is 1. The fourth-order valence-corrected chi connectivity index (χ4v) is 3.12. The molecule has 1 fully saturated rings. The van der Waals surface area contributed by atoms with Crippen molar-refractivity contribution < 1.29 is 4.79 Å². The average Bonchev–Trinajstić information content (AvgIpc) is 2.54. The van der Waals surface area contributed by atoms with Gasteiger partial charge in [0.25, 0.3) is 5.56 Å². The minimum atomic E-state index is -0.114. The van der Waals surface area contributed by atoms with Gasteiger partial charge in [-0.05, 0) is 44.4 Å². The van der Waals surface area contributed by atoms with Gasteiger partial charge in [-0.2, -0.15) is 0 Å². The molecule has 1 aliphatic rings. The Hall–Kier alpha value is -2.63. The van der Waals surface area contributed by atoms with Gasteiger partial charge in [-0.15, -0.1) is 0 Å². The second kappa shape index (κ2) is 6.86. The van der Waals surface area contributed by atoms with Gasteiger partial charge in [0.1, 0.15) is 5.82 Å². The molecule has 0 aliphatic carbocycles. The summed E-state index contributed by atoms with van der Waals surface area (Å²) in [6, 6.07) is 9.26. The van der Waals surface area contributed by atoms with Crippen LogP contribution in [0.3, 0.4) is 0 Å². The molecule has 6 heteroatoms. The van der Waals surface area contributed by atoms with Crippen LogP contribution in [0, 0.1) is 13.8 Å². The average molecular weight is 326 g/mol. The van der Waals surface area contributed by atoms with Crippen LogP contribution in [0.2, 0.25) is 0 Å². The van der Waals surface area contributed by atoms with E-state index in [1.807, 2.05) is 36.1 Å². The van der Waals surface area contributed by atoms with Crippen LogP contribution in [0.25, 0.3) is 0 Å². The van der Waals surface area contributed by atoms with Gasteiger partial charge in [0.2, 0.25) is 0 Å². The lowest BCUT2D eigenvalue weighted by molar-refractivity contribution is 0.194. The largest absolute Gasteiger partial charge is 0.324 e. The van der Waals surface area contributed by atoms with Crippen molar-refractivity contribution in [2.45, 2.75) is 32.6 Å². The highest BCUT2D eigenvalue weighted by Gasteiger charge is 2.25. The normalized spacial score (nSPS) is 15.3. The highest BCUT2D eigenvalue weighted by Crippen LogP contribution is 2.26. The lowest BCUT2D eigenvalue weighted by atomic mass is 9.93. The number of rotatable bonds is 2. The van der Waals surface area contributed by atoms with E-state index in [1.54, 1.807) is 13.0 Å². The molecule has 1 aliphatic heterocycles. The number of urea groups is 1. The lowest BCUT2D eigenvalue weighted by Crippen LogP contribution is -2.40. The Morgan fingerprint density at radius 2 is 2.00 bits per heavy atom. The molecule has 2 amide bonds. The maximum atomic E-state index is 12.4. The van der Waals surface area contributed by atoms with E-state index < -0.39 is 0 Å². The number of nitrogens with one attached hydrogen (secondary N) is 2. The van der Waals surface area contributed by atoms with E-state index in [9.17, 15) is 9.59 Å². The number of carbonyl (C=O) groups excluding carboxylic acids is 1. The second-order valence-electron chi connectivity index (χ2n) is 6.32.